The van der Waals surface area contributed by atoms with Gasteiger partial charge in [-0.15, -0.1) is 5.06 Å². The lowest BCUT2D eigenvalue weighted by Gasteiger charge is -2.34. The maximum atomic E-state index is 12.4. The van der Waals surface area contributed by atoms with Gasteiger partial charge in [-0.25, -0.2) is 4.79 Å². The summed E-state index contributed by atoms with van der Waals surface area (Å²) in [5.41, 5.74) is 3.20. The zero-order valence-electron chi connectivity index (χ0n) is 17.9. The summed E-state index contributed by atoms with van der Waals surface area (Å²) in [5.74, 6) is -0.930. The number of carbonyl (C=O) groups is 3. The van der Waals surface area contributed by atoms with Gasteiger partial charge in [-0.1, -0.05) is 30.3 Å². The van der Waals surface area contributed by atoms with Crippen LogP contribution >= 0.6 is 0 Å². The number of piperazine rings is 1. The summed E-state index contributed by atoms with van der Waals surface area (Å²) in [5, 5.41) is 5.39. The van der Waals surface area contributed by atoms with Gasteiger partial charge in [-0.3, -0.25) is 19.2 Å². The highest BCUT2D eigenvalue weighted by Gasteiger charge is 2.35. The molecule has 0 spiro atoms. The SMILES string of the molecule is CC(C)n1cc(CN2CCN(C(=O)ON3C(=O)CCC3=O)CC2)c(-c2ccccc2)n1. The van der Waals surface area contributed by atoms with Crippen LogP contribution in [0.4, 0.5) is 4.79 Å². The first-order valence-electron chi connectivity index (χ1n) is 10.6. The van der Waals surface area contributed by atoms with Gasteiger partial charge in [0.05, 0.1) is 5.69 Å². The van der Waals surface area contributed by atoms with Crippen molar-refractivity contribution in [2.75, 3.05) is 26.2 Å². The van der Waals surface area contributed by atoms with Gasteiger partial charge in [0, 0.05) is 68.9 Å². The molecule has 1 aromatic carbocycles. The molecule has 0 saturated carbocycles. The van der Waals surface area contributed by atoms with Crippen LogP contribution in [-0.2, 0) is 21.0 Å². The summed E-state index contributed by atoms with van der Waals surface area (Å²) in [6, 6.07) is 10.4. The van der Waals surface area contributed by atoms with E-state index in [0.717, 1.165) is 23.4 Å². The number of nitrogens with zero attached hydrogens (tertiary/aromatic N) is 5. The second-order valence-electron chi connectivity index (χ2n) is 8.14. The van der Waals surface area contributed by atoms with Crippen LogP contribution in [0.25, 0.3) is 11.3 Å². The number of amides is 3. The van der Waals surface area contributed by atoms with E-state index in [1.165, 1.54) is 4.90 Å². The van der Waals surface area contributed by atoms with E-state index < -0.39 is 17.9 Å². The van der Waals surface area contributed by atoms with Crippen LogP contribution in [0.5, 0.6) is 0 Å². The molecule has 0 radical (unpaired) electrons. The van der Waals surface area contributed by atoms with E-state index >= 15 is 0 Å². The summed E-state index contributed by atoms with van der Waals surface area (Å²) in [4.78, 5) is 44.5. The molecule has 0 unspecified atom stereocenters. The molecule has 0 N–H and O–H groups in total. The van der Waals surface area contributed by atoms with Gasteiger partial charge in [0.2, 0.25) is 0 Å². The highest BCUT2D eigenvalue weighted by atomic mass is 16.7. The van der Waals surface area contributed by atoms with Crippen molar-refractivity contribution in [2.24, 2.45) is 0 Å². The second-order valence-corrected chi connectivity index (χ2v) is 8.14. The van der Waals surface area contributed by atoms with Gasteiger partial charge in [-0.2, -0.15) is 5.10 Å². The molecule has 3 heterocycles. The molecule has 0 atom stereocenters. The van der Waals surface area contributed by atoms with Gasteiger partial charge >= 0.3 is 6.09 Å². The molecular formula is C22H27N5O4. The fourth-order valence-electron chi connectivity index (χ4n) is 3.77. The molecule has 2 aromatic rings. The first-order valence-corrected chi connectivity index (χ1v) is 10.6. The topological polar surface area (TPSA) is 88.0 Å². The summed E-state index contributed by atoms with van der Waals surface area (Å²) >= 11 is 0. The molecular weight excluding hydrogens is 398 g/mol. The summed E-state index contributed by atoms with van der Waals surface area (Å²) in [6.07, 6.45) is 1.63. The Kier molecular flexibility index (Phi) is 6.03. The van der Waals surface area contributed by atoms with Crippen molar-refractivity contribution in [3.8, 4) is 11.3 Å². The molecule has 9 heteroatoms. The minimum atomic E-state index is -0.652. The third-order valence-electron chi connectivity index (χ3n) is 5.58. The lowest BCUT2D eigenvalue weighted by Crippen LogP contribution is -2.50. The van der Waals surface area contributed by atoms with Gasteiger partial charge in [0.15, 0.2) is 0 Å². The van der Waals surface area contributed by atoms with Crippen LogP contribution in [0.1, 0.15) is 38.3 Å². The largest absolute Gasteiger partial charge is 0.434 e. The lowest BCUT2D eigenvalue weighted by molar-refractivity contribution is -0.174. The fraction of sp³-hybridized carbons (Fsp3) is 0.455. The first-order chi connectivity index (χ1) is 14.9. The molecule has 2 saturated heterocycles. The van der Waals surface area contributed by atoms with Crippen molar-refractivity contribution in [2.45, 2.75) is 39.3 Å². The van der Waals surface area contributed by atoms with Gasteiger partial charge in [0.25, 0.3) is 11.8 Å². The molecule has 0 aliphatic carbocycles. The number of rotatable bonds is 5. The van der Waals surface area contributed by atoms with E-state index in [2.05, 4.69) is 37.1 Å². The predicted molar refractivity (Wildman–Crippen MR) is 112 cm³/mol. The Balaban J connectivity index is 1.38. The van der Waals surface area contributed by atoms with Crippen molar-refractivity contribution < 1.29 is 19.2 Å². The lowest BCUT2D eigenvalue weighted by atomic mass is 10.1. The van der Waals surface area contributed by atoms with E-state index in [-0.39, 0.29) is 18.9 Å². The molecule has 31 heavy (non-hydrogen) atoms. The average Bonchev–Trinajstić information content (AvgIpc) is 3.33. The van der Waals surface area contributed by atoms with E-state index in [9.17, 15) is 14.4 Å². The number of hydrogen-bond donors (Lipinski definition) is 0. The Morgan fingerprint density at radius 1 is 1.03 bits per heavy atom. The van der Waals surface area contributed by atoms with Crippen LogP contribution < -0.4 is 0 Å². The van der Waals surface area contributed by atoms with Crippen molar-refractivity contribution in [3.05, 3.63) is 42.1 Å². The van der Waals surface area contributed by atoms with Crippen LogP contribution in [0.2, 0.25) is 0 Å². The number of hydrogen-bond acceptors (Lipinski definition) is 6. The standard InChI is InChI=1S/C22H27N5O4/c1-16(2)26-15-18(21(23-26)17-6-4-3-5-7-17)14-24-10-12-25(13-11-24)22(30)31-27-19(28)8-9-20(27)29/h3-7,15-16H,8-14H2,1-2H3. The third-order valence-corrected chi connectivity index (χ3v) is 5.58. The first kappa shape index (κ1) is 21.0. The number of carbonyl (C=O) groups excluding carboxylic acids is 3. The highest BCUT2D eigenvalue weighted by Crippen LogP contribution is 2.25. The van der Waals surface area contributed by atoms with E-state index in [0.29, 0.717) is 31.2 Å². The Hall–Kier alpha value is -3.20. The zero-order valence-corrected chi connectivity index (χ0v) is 17.9. The minimum absolute atomic E-state index is 0.0910. The van der Waals surface area contributed by atoms with Crippen molar-refractivity contribution in [3.63, 3.8) is 0 Å². The van der Waals surface area contributed by atoms with Crippen molar-refractivity contribution in [1.29, 1.82) is 0 Å². The smallest absolute Gasteiger partial charge is 0.311 e. The maximum Gasteiger partial charge on any atom is 0.434 e. The zero-order chi connectivity index (χ0) is 22.0. The summed E-state index contributed by atoms with van der Waals surface area (Å²) in [7, 11) is 0. The van der Waals surface area contributed by atoms with Gasteiger partial charge in [0.1, 0.15) is 0 Å². The molecule has 2 aliphatic rings. The Bertz CT molecular complexity index is 948. The van der Waals surface area contributed by atoms with Gasteiger partial charge in [-0.05, 0) is 13.8 Å². The van der Waals surface area contributed by atoms with E-state index in [4.69, 9.17) is 9.94 Å². The van der Waals surface area contributed by atoms with Crippen LogP contribution in [0.15, 0.2) is 36.5 Å². The average molecular weight is 425 g/mol. The van der Waals surface area contributed by atoms with E-state index in [1.54, 1.807) is 0 Å². The third kappa shape index (κ3) is 4.61. The molecule has 164 valence electrons. The van der Waals surface area contributed by atoms with Crippen LogP contribution in [0.3, 0.4) is 0 Å². The summed E-state index contributed by atoms with van der Waals surface area (Å²) < 4.78 is 1.98. The quantitative estimate of drug-likeness (QED) is 0.684. The normalized spacial score (nSPS) is 17.6. The molecule has 2 fully saturated rings. The molecule has 9 nitrogen and oxygen atoms in total. The van der Waals surface area contributed by atoms with Crippen molar-refractivity contribution >= 4 is 17.9 Å². The van der Waals surface area contributed by atoms with Crippen LogP contribution in [0, 0.1) is 0 Å². The highest BCUT2D eigenvalue weighted by molar-refractivity contribution is 6.01. The monoisotopic (exact) mass is 425 g/mol. The number of imide groups is 1. The van der Waals surface area contributed by atoms with Gasteiger partial charge < -0.3 is 9.74 Å². The number of hydroxylamine groups is 2. The number of aromatic nitrogens is 2. The second kappa shape index (κ2) is 8.89. The molecule has 3 amide bonds. The fourth-order valence-corrected chi connectivity index (χ4v) is 3.77. The molecule has 0 bridgehead atoms. The molecule has 4 rings (SSSR count). The molecule has 1 aromatic heterocycles. The van der Waals surface area contributed by atoms with E-state index in [1.807, 2.05) is 22.9 Å². The summed E-state index contributed by atoms with van der Waals surface area (Å²) in [6.45, 7) is 7.19. The predicted octanol–water partition coefficient (Wildman–Crippen LogP) is 2.45. The van der Waals surface area contributed by atoms with Crippen LogP contribution in [-0.4, -0.2) is 68.7 Å². The Labute approximate surface area is 181 Å². The maximum absolute atomic E-state index is 12.4. The molecule has 2 aliphatic heterocycles. The Morgan fingerprint density at radius 3 is 2.29 bits per heavy atom. The minimum Gasteiger partial charge on any atom is -0.311 e. The van der Waals surface area contributed by atoms with Crippen molar-refractivity contribution in [1.82, 2.24) is 24.6 Å². The number of benzene rings is 1. The Morgan fingerprint density at radius 2 is 1.68 bits per heavy atom.